The Morgan fingerprint density at radius 1 is 1.05 bits per heavy atom. The number of hydrogen-bond donors (Lipinski definition) is 3. The summed E-state index contributed by atoms with van der Waals surface area (Å²) in [6, 6.07) is 17.5. The van der Waals surface area contributed by atoms with Crippen LogP contribution in [0.5, 0.6) is 0 Å². The Hall–Kier alpha value is -2.33. The van der Waals surface area contributed by atoms with Crippen LogP contribution < -0.4 is 16.8 Å². The molecule has 2 aromatic carbocycles. The van der Waals surface area contributed by atoms with Gasteiger partial charge < -0.3 is 16.8 Å². The number of hydrogen-bond acceptors (Lipinski definition) is 3. The van der Waals surface area contributed by atoms with E-state index in [-0.39, 0.29) is 0 Å². The highest BCUT2D eigenvalue weighted by Gasteiger charge is 2.09. The van der Waals surface area contributed by atoms with Crippen molar-refractivity contribution in [3.8, 4) is 0 Å². The van der Waals surface area contributed by atoms with Gasteiger partial charge in [-0.05, 0) is 23.6 Å². The fourth-order valence-electron chi connectivity index (χ4n) is 1.98. The lowest BCUT2D eigenvalue weighted by molar-refractivity contribution is -0.118. The number of rotatable bonds is 6. The van der Waals surface area contributed by atoms with Crippen LogP contribution in [-0.4, -0.2) is 18.5 Å². The van der Waals surface area contributed by atoms with E-state index in [9.17, 15) is 4.79 Å². The molecule has 1 atom stereocenters. The van der Waals surface area contributed by atoms with Gasteiger partial charge >= 0.3 is 0 Å². The van der Waals surface area contributed by atoms with Gasteiger partial charge in [0, 0.05) is 12.2 Å². The molecule has 0 aliphatic heterocycles. The fourth-order valence-corrected chi connectivity index (χ4v) is 1.98. The quantitative estimate of drug-likeness (QED) is 0.743. The molecule has 0 aliphatic rings. The van der Waals surface area contributed by atoms with E-state index in [2.05, 4.69) is 23.5 Å². The molecule has 1 amide bonds. The summed E-state index contributed by atoms with van der Waals surface area (Å²) in [5.74, 6) is -0.502. The zero-order chi connectivity index (χ0) is 14.4. The van der Waals surface area contributed by atoms with Crippen molar-refractivity contribution in [1.82, 2.24) is 0 Å². The monoisotopic (exact) mass is 269 g/mol. The molecule has 0 aliphatic carbocycles. The maximum Gasteiger partial charge on any atom is 0.236 e. The molecule has 0 bridgehead atoms. The molecular formula is C16H19N3O. The minimum absolute atomic E-state index is 0.334. The Balaban J connectivity index is 2.08. The summed E-state index contributed by atoms with van der Waals surface area (Å²) in [5, 5.41) is 3.19. The van der Waals surface area contributed by atoms with Gasteiger partial charge in [-0.15, -0.1) is 0 Å². The van der Waals surface area contributed by atoms with E-state index in [0.29, 0.717) is 6.54 Å². The smallest absolute Gasteiger partial charge is 0.236 e. The van der Waals surface area contributed by atoms with Crippen LogP contribution in [0.1, 0.15) is 11.1 Å². The van der Waals surface area contributed by atoms with Crippen molar-refractivity contribution in [3.63, 3.8) is 0 Å². The van der Waals surface area contributed by atoms with Crippen LogP contribution in [0.4, 0.5) is 5.69 Å². The number of amides is 1. The van der Waals surface area contributed by atoms with Crippen molar-refractivity contribution < 1.29 is 4.79 Å². The van der Waals surface area contributed by atoms with Crippen LogP contribution >= 0.6 is 0 Å². The average molecular weight is 269 g/mol. The number of nitrogens with one attached hydrogen (secondary N) is 1. The highest BCUT2D eigenvalue weighted by molar-refractivity contribution is 5.80. The second kappa shape index (κ2) is 6.73. The van der Waals surface area contributed by atoms with Gasteiger partial charge in [-0.25, -0.2) is 0 Å². The summed E-state index contributed by atoms with van der Waals surface area (Å²) in [6.07, 6.45) is 0.829. The molecule has 2 aromatic rings. The van der Waals surface area contributed by atoms with Crippen LogP contribution in [0.2, 0.25) is 0 Å². The van der Waals surface area contributed by atoms with Gasteiger partial charge in [-0.2, -0.15) is 0 Å². The molecule has 5 N–H and O–H groups in total. The van der Waals surface area contributed by atoms with E-state index in [1.165, 1.54) is 5.56 Å². The van der Waals surface area contributed by atoms with Crippen LogP contribution in [-0.2, 0) is 11.2 Å². The molecule has 20 heavy (non-hydrogen) atoms. The summed E-state index contributed by atoms with van der Waals surface area (Å²) in [6.45, 7) is 0.334. The lowest BCUT2D eigenvalue weighted by Crippen LogP contribution is -2.41. The molecule has 0 spiro atoms. The number of anilines is 1. The fraction of sp³-hybridized carbons (Fsp3) is 0.188. The van der Waals surface area contributed by atoms with Crippen LogP contribution in [0, 0.1) is 0 Å². The Bertz CT molecular complexity index is 569. The lowest BCUT2D eigenvalue weighted by atomic mass is 10.0. The number of benzene rings is 2. The van der Waals surface area contributed by atoms with Crippen molar-refractivity contribution in [3.05, 3.63) is 65.7 Å². The molecule has 0 saturated heterocycles. The standard InChI is InChI=1S/C16H19N3O/c17-14(16(18)20)11-19-15-9-5-4-8-13(15)10-12-6-2-1-3-7-12/h1-9,14,19H,10-11,17H2,(H2,18,20). The van der Waals surface area contributed by atoms with E-state index in [0.717, 1.165) is 17.7 Å². The number of carbonyl (C=O) groups excluding carboxylic acids is 1. The Kier molecular flexibility index (Phi) is 4.74. The third-order valence-electron chi connectivity index (χ3n) is 3.13. The first kappa shape index (κ1) is 14.1. The molecular weight excluding hydrogens is 250 g/mol. The van der Waals surface area contributed by atoms with Crippen molar-refractivity contribution in [2.45, 2.75) is 12.5 Å². The van der Waals surface area contributed by atoms with Gasteiger partial charge in [0.1, 0.15) is 6.04 Å². The summed E-state index contributed by atoms with van der Waals surface area (Å²) in [4.78, 5) is 11.0. The van der Waals surface area contributed by atoms with Gasteiger partial charge in [0.25, 0.3) is 0 Å². The van der Waals surface area contributed by atoms with Gasteiger partial charge in [0.05, 0.1) is 0 Å². The SMILES string of the molecule is NC(=O)C(N)CNc1ccccc1Cc1ccccc1. The second-order valence-corrected chi connectivity index (χ2v) is 4.71. The maximum absolute atomic E-state index is 11.0. The summed E-state index contributed by atoms with van der Waals surface area (Å²) >= 11 is 0. The summed E-state index contributed by atoms with van der Waals surface area (Å²) in [7, 11) is 0. The second-order valence-electron chi connectivity index (χ2n) is 4.71. The molecule has 2 rings (SSSR count). The molecule has 4 nitrogen and oxygen atoms in total. The van der Waals surface area contributed by atoms with Crippen molar-refractivity contribution >= 4 is 11.6 Å². The van der Waals surface area contributed by atoms with Crippen LogP contribution in [0.25, 0.3) is 0 Å². The van der Waals surface area contributed by atoms with Gasteiger partial charge in [0.2, 0.25) is 5.91 Å². The first-order valence-electron chi connectivity index (χ1n) is 6.57. The minimum Gasteiger partial charge on any atom is -0.383 e. The van der Waals surface area contributed by atoms with Gasteiger partial charge in [-0.3, -0.25) is 4.79 Å². The normalized spacial score (nSPS) is 11.8. The predicted octanol–water partition coefficient (Wildman–Crippen LogP) is 1.50. The third kappa shape index (κ3) is 3.83. The minimum atomic E-state index is -0.681. The van der Waals surface area contributed by atoms with Crippen molar-refractivity contribution in [1.29, 1.82) is 0 Å². The van der Waals surface area contributed by atoms with Crippen LogP contribution in [0.15, 0.2) is 54.6 Å². The number of primary amides is 1. The molecule has 104 valence electrons. The number of para-hydroxylation sites is 1. The largest absolute Gasteiger partial charge is 0.383 e. The molecule has 0 aromatic heterocycles. The van der Waals surface area contributed by atoms with E-state index >= 15 is 0 Å². The third-order valence-corrected chi connectivity index (χ3v) is 3.13. The average Bonchev–Trinajstić information content (AvgIpc) is 2.47. The topological polar surface area (TPSA) is 81.1 Å². The van der Waals surface area contributed by atoms with Gasteiger partial charge in [-0.1, -0.05) is 48.5 Å². The highest BCUT2D eigenvalue weighted by Crippen LogP contribution is 2.18. The number of nitrogens with two attached hydrogens (primary N) is 2. The van der Waals surface area contributed by atoms with Gasteiger partial charge in [0.15, 0.2) is 0 Å². The summed E-state index contributed by atoms with van der Waals surface area (Å²) < 4.78 is 0. The molecule has 4 heteroatoms. The van der Waals surface area contributed by atoms with E-state index in [1.54, 1.807) is 0 Å². The van der Waals surface area contributed by atoms with Crippen LogP contribution in [0.3, 0.4) is 0 Å². The Labute approximate surface area is 118 Å². The highest BCUT2D eigenvalue weighted by atomic mass is 16.1. The molecule has 1 unspecified atom stereocenters. The van der Waals surface area contributed by atoms with Crippen molar-refractivity contribution in [2.24, 2.45) is 11.5 Å². The molecule has 0 saturated carbocycles. The van der Waals surface area contributed by atoms with Crippen molar-refractivity contribution in [2.75, 3.05) is 11.9 Å². The van der Waals surface area contributed by atoms with E-state index in [4.69, 9.17) is 11.5 Å². The van der Waals surface area contributed by atoms with E-state index < -0.39 is 11.9 Å². The molecule has 0 heterocycles. The first-order valence-corrected chi connectivity index (χ1v) is 6.57. The Morgan fingerprint density at radius 3 is 2.40 bits per heavy atom. The molecule has 0 radical (unpaired) electrons. The maximum atomic E-state index is 11.0. The first-order chi connectivity index (χ1) is 9.66. The lowest BCUT2D eigenvalue weighted by Gasteiger charge is -2.14. The Morgan fingerprint density at radius 2 is 1.70 bits per heavy atom. The predicted molar refractivity (Wildman–Crippen MR) is 81.3 cm³/mol. The molecule has 0 fully saturated rings. The zero-order valence-electron chi connectivity index (χ0n) is 11.3. The zero-order valence-corrected chi connectivity index (χ0v) is 11.3. The van der Waals surface area contributed by atoms with E-state index in [1.807, 2.05) is 36.4 Å². The summed E-state index contributed by atoms with van der Waals surface area (Å²) in [5.41, 5.74) is 14.2. The number of carbonyl (C=O) groups is 1.